The Bertz CT molecular complexity index is 693. The first-order valence-corrected chi connectivity index (χ1v) is 7.08. The lowest BCUT2D eigenvalue weighted by molar-refractivity contribution is 0.405. The maximum absolute atomic E-state index is 5.96. The first kappa shape index (κ1) is 19.9. The Morgan fingerprint density at radius 2 is 1.71 bits per heavy atom. The molecule has 0 saturated carbocycles. The van der Waals surface area contributed by atoms with Gasteiger partial charge >= 0.3 is 0 Å². The molecule has 2 rings (SSSR count). The number of guanidine groups is 1. The summed E-state index contributed by atoms with van der Waals surface area (Å²) in [4.78, 5) is 4.34. The standard InChI is InChI=1S/C17H21N3O3.HI/c1-21-13-8-9-16(23-3)14(10-13)20-17(18)19-11-12-6-4-5-7-15(12)22-2;/h4-10H,11H2,1-3H3,(H3,18,19,20);1H. The zero-order chi connectivity index (χ0) is 16.7. The first-order valence-electron chi connectivity index (χ1n) is 7.08. The normalized spacial score (nSPS) is 10.5. The Morgan fingerprint density at radius 3 is 2.38 bits per heavy atom. The molecule has 0 amide bonds. The minimum absolute atomic E-state index is 0. The molecule has 2 aromatic rings. The summed E-state index contributed by atoms with van der Waals surface area (Å²) < 4.78 is 15.8. The van der Waals surface area contributed by atoms with Gasteiger partial charge in [-0.25, -0.2) is 4.99 Å². The molecule has 0 bridgehead atoms. The van der Waals surface area contributed by atoms with E-state index in [4.69, 9.17) is 19.9 Å². The summed E-state index contributed by atoms with van der Waals surface area (Å²) in [5, 5.41) is 3.03. The van der Waals surface area contributed by atoms with Crippen molar-refractivity contribution >= 4 is 35.6 Å². The number of rotatable bonds is 6. The molecule has 0 spiro atoms. The number of nitrogens with zero attached hydrogens (tertiary/aromatic N) is 1. The van der Waals surface area contributed by atoms with Crippen LogP contribution in [0.4, 0.5) is 5.69 Å². The van der Waals surface area contributed by atoms with Crippen LogP contribution in [0.3, 0.4) is 0 Å². The van der Waals surface area contributed by atoms with Crippen molar-refractivity contribution in [2.45, 2.75) is 6.54 Å². The molecule has 24 heavy (non-hydrogen) atoms. The number of nitrogens with one attached hydrogen (secondary N) is 1. The second-order valence-electron chi connectivity index (χ2n) is 4.70. The number of nitrogens with two attached hydrogens (primary N) is 1. The van der Waals surface area contributed by atoms with E-state index >= 15 is 0 Å². The highest BCUT2D eigenvalue weighted by molar-refractivity contribution is 14.0. The molecule has 0 saturated heterocycles. The van der Waals surface area contributed by atoms with Crippen LogP contribution in [-0.4, -0.2) is 27.3 Å². The van der Waals surface area contributed by atoms with Crippen LogP contribution in [0.15, 0.2) is 47.5 Å². The van der Waals surface area contributed by atoms with Gasteiger partial charge in [0.2, 0.25) is 0 Å². The molecule has 0 aliphatic rings. The number of hydrogen-bond donors (Lipinski definition) is 2. The second kappa shape index (κ2) is 9.86. The van der Waals surface area contributed by atoms with Crippen LogP contribution in [0.5, 0.6) is 17.2 Å². The summed E-state index contributed by atoms with van der Waals surface area (Å²) in [6.45, 7) is 0.412. The van der Waals surface area contributed by atoms with Crippen molar-refractivity contribution < 1.29 is 14.2 Å². The van der Waals surface area contributed by atoms with Crippen molar-refractivity contribution in [2.75, 3.05) is 26.6 Å². The largest absolute Gasteiger partial charge is 0.497 e. The van der Waals surface area contributed by atoms with Gasteiger partial charge in [-0.3, -0.25) is 0 Å². The number of ether oxygens (including phenoxy) is 3. The molecule has 0 aromatic heterocycles. The van der Waals surface area contributed by atoms with Crippen LogP contribution in [0.25, 0.3) is 0 Å². The smallest absolute Gasteiger partial charge is 0.193 e. The molecule has 2 aromatic carbocycles. The van der Waals surface area contributed by atoms with E-state index < -0.39 is 0 Å². The number of anilines is 1. The third-order valence-electron chi connectivity index (χ3n) is 3.28. The lowest BCUT2D eigenvalue weighted by Crippen LogP contribution is -2.23. The molecule has 130 valence electrons. The van der Waals surface area contributed by atoms with Gasteiger partial charge in [0, 0.05) is 11.6 Å². The average molecular weight is 443 g/mol. The number of benzene rings is 2. The van der Waals surface area contributed by atoms with Gasteiger partial charge in [-0.1, -0.05) is 18.2 Å². The number of methoxy groups -OCH3 is 3. The van der Waals surface area contributed by atoms with E-state index in [0.29, 0.717) is 23.7 Å². The van der Waals surface area contributed by atoms with E-state index in [0.717, 1.165) is 11.3 Å². The van der Waals surface area contributed by atoms with Crippen LogP contribution in [0.1, 0.15) is 5.56 Å². The summed E-state index contributed by atoms with van der Waals surface area (Å²) in [7, 11) is 4.82. The highest BCUT2D eigenvalue weighted by Gasteiger charge is 2.06. The van der Waals surface area contributed by atoms with Gasteiger partial charge in [0.15, 0.2) is 5.96 Å². The molecule has 0 aliphatic heterocycles. The highest BCUT2D eigenvalue weighted by Crippen LogP contribution is 2.28. The maximum Gasteiger partial charge on any atom is 0.193 e. The zero-order valence-electron chi connectivity index (χ0n) is 13.9. The van der Waals surface area contributed by atoms with Gasteiger partial charge < -0.3 is 25.3 Å². The second-order valence-corrected chi connectivity index (χ2v) is 4.70. The number of halogens is 1. The lowest BCUT2D eigenvalue weighted by Gasteiger charge is -2.12. The third-order valence-corrected chi connectivity index (χ3v) is 3.28. The van der Waals surface area contributed by atoms with Gasteiger partial charge in [-0.05, 0) is 18.2 Å². The Morgan fingerprint density at radius 1 is 1.00 bits per heavy atom. The summed E-state index contributed by atoms with van der Waals surface area (Å²) >= 11 is 0. The molecule has 0 unspecified atom stereocenters. The zero-order valence-corrected chi connectivity index (χ0v) is 16.2. The highest BCUT2D eigenvalue weighted by atomic mass is 127. The molecule has 7 heteroatoms. The molecule has 0 aliphatic carbocycles. The third kappa shape index (κ3) is 5.19. The molecule has 0 radical (unpaired) electrons. The predicted octanol–water partition coefficient (Wildman–Crippen LogP) is 3.26. The van der Waals surface area contributed by atoms with Crippen molar-refractivity contribution in [3.05, 3.63) is 48.0 Å². The summed E-state index contributed by atoms with van der Waals surface area (Å²) in [5.41, 5.74) is 7.61. The van der Waals surface area contributed by atoms with Crippen LogP contribution in [0.2, 0.25) is 0 Å². The quantitative estimate of drug-likeness (QED) is 0.407. The fourth-order valence-electron chi connectivity index (χ4n) is 2.09. The predicted molar refractivity (Wildman–Crippen MR) is 107 cm³/mol. The van der Waals surface area contributed by atoms with Crippen LogP contribution in [-0.2, 0) is 6.54 Å². The number of hydrogen-bond acceptors (Lipinski definition) is 4. The van der Waals surface area contributed by atoms with Crippen molar-refractivity contribution in [1.29, 1.82) is 0 Å². The number of para-hydroxylation sites is 1. The molecule has 6 nitrogen and oxygen atoms in total. The van der Waals surface area contributed by atoms with Gasteiger partial charge in [-0.15, -0.1) is 24.0 Å². The lowest BCUT2D eigenvalue weighted by atomic mass is 10.2. The topological polar surface area (TPSA) is 78.1 Å². The van der Waals surface area contributed by atoms with E-state index in [-0.39, 0.29) is 29.9 Å². The summed E-state index contributed by atoms with van der Waals surface area (Å²) in [5.74, 6) is 2.41. The fourth-order valence-corrected chi connectivity index (χ4v) is 2.09. The molecule has 0 atom stereocenters. The van der Waals surface area contributed by atoms with Crippen LogP contribution < -0.4 is 25.3 Å². The fraction of sp³-hybridized carbons (Fsp3) is 0.235. The average Bonchev–Trinajstić information content (AvgIpc) is 2.60. The van der Waals surface area contributed by atoms with E-state index in [9.17, 15) is 0 Å². The Balaban J connectivity index is 0.00000288. The van der Waals surface area contributed by atoms with E-state index in [1.54, 1.807) is 33.5 Å². The monoisotopic (exact) mass is 443 g/mol. The van der Waals surface area contributed by atoms with E-state index in [1.165, 1.54) is 0 Å². The van der Waals surface area contributed by atoms with Gasteiger partial charge in [0.05, 0.1) is 33.6 Å². The Labute approximate surface area is 159 Å². The Hall–Kier alpha value is -2.16. The van der Waals surface area contributed by atoms with Crippen molar-refractivity contribution in [2.24, 2.45) is 10.7 Å². The molecular formula is C17H22IN3O3. The van der Waals surface area contributed by atoms with Gasteiger partial charge in [0.1, 0.15) is 17.2 Å². The van der Waals surface area contributed by atoms with Crippen molar-refractivity contribution in [3.8, 4) is 17.2 Å². The molecule has 0 heterocycles. The van der Waals surface area contributed by atoms with E-state index in [1.807, 2.05) is 30.3 Å². The molecular weight excluding hydrogens is 421 g/mol. The summed E-state index contributed by atoms with van der Waals surface area (Å²) in [6, 6.07) is 13.1. The minimum Gasteiger partial charge on any atom is -0.497 e. The molecule has 3 N–H and O–H groups in total. The van der Waals surface area contributed by atoms with Gasteiger partial charge in [0.25, 0.3) is 0 Å². The number of aliphatic imine (C=N–C) groups is 1. The van der Waals surface area contributed by atoms with E-state index in [2.05, 4.69) is 10.3 Å². The van der Waals surface area contributed by atoms with Crippen LogP contribution >= 0.6 is 24.0 Å². The SMILES string of the molecule is COc1ccc(OC)c(NC(N)=NCc2ccccc2OC)c1.I. The van der Waals surface area contributed by atoms with Crippen LogP contribution in [0, 0.1) is 0 Å². The minimum atomic E-state index is 0. The molecule has 0 fully saturated rings. The maximum atomic E-state index is 5.96. The summed E-state index contributed by atoms with van der Waals surface area (Å²) in [6.07, 6.45) is 0. The first-order chi connectivity index (χ1) is 11.2. The Kier molecular flexibility index (Phi) is 8.17. The van der Waals surface area contributed by atoms with Crippen molar-refractivity contribution in [1.82, 2.24) is 0 Å². The van der Waals surface area contributed by atoms with Crippen molar-refractivity contribution in [3.63, 3.8) is 0 Å². The van der Waals surface area contributed by atoms with Gasteiger partial charge in [-0.2, -0.15) is 0 Å².